The Kier molecular flexibility index (Phi) is 8.11. The molecule has 0 N–H and O–H groups in total. The molecule has 0 amide bonds. The third-order valence-electron chi connectivity index (χ3n) is 1.15. The zero-order chi connectivity index (χ0) is 7.66. The van der Waals surface area contributed by atoms with Gasteiger partial charge in [-0.25, -0.2) is 0 Å². The molecule has 0 aromatic rings. The van der Waals surface area contributed by atoms with Crippen LogP contribution in [0.3, 0.4) is 0 Å². The van der Waals surface area contributed by atoms with Crippen molar-refractivity contribution >= 4 is 0 Å². The van der Waals surface area contributed by atoms with Crippen LogP contribution in [0.15, 0.2) is 0 Å². The minimum Gasteiger partial charge on any atom is -0.385 e. The van der Waals surface area contributed by atoms with Gasteiger partial charge in [0.25, 0.3) is 0 Å². The summed E-state index contributed by atoms with van der Waals surface area (Å²) in [5.41, 5.74) is 0. The predicted octanol–water partition coefficient (Wildman–Crippen LogP) is 2.22. The minimum atomic E-state index is 0.834. The van der Waals surface area contributed by atoms with Crippen molar-refractivity contribution in [2.75, 3.05) is 13.7 Å². The highest BCUT2D eigenvalue weighted by Gasteiger charge is 1.79. The molecule has 0 aliphatic carbocycles. The van der Waals surface area contributed by atoms with Crippen LogP contribution < -0.4 is 0 Å². The van der Waals surface area contributed by atoms with Crippen molar-refractivity contribution < 1.29 is 4.74 Å². The molecule has 0 aromatic heterocycles. The molecule has 0 heterocycles. The molecule has 0 bridgehead atoms. The maximum atomic E-state index is 4.88. The van der Waals surface area contributed by atoms with Gasteiger partial charge in [0.15, 0.2) is 0 Å². The fourth-order valence-corrected chi connectivity index (χ4v) is 0.607. The summed E-state index contributed by atoms with van der Waals surface area (Å²) in [7, 11) is 1.72. The molecule has 0 radical (unpaired) electrons. The van der Waals surface area contributed by atoms with Gasteiger partial charge in [0.1, 0.15) is 0 Å². The number of hydrogen-bond donors (Lipinski definition) is 0. The molecule has 0 saturated carbocycles. The van der Waals surface area contributed by atoms with Gasteiger partial charge in [-0.3, -0.25) is 0 Å². The maximum absolute atomic E-state index is 4.88. The molecule has 10 heavy (non-hydrogen) atoms. The van der Waals surface area contributed by atoms with E-state index in [1.165, 1.54) is 0 Å². The molecule has 0 unspecified atom stereocenters. The molecule has 0 spiro atoms. The second-order valence-corrected chi connectivity index (χ2v) is 2.20. The van der Waals surface area contributed by atoms with E-state index in [1.807, 2.05) is 0 Å². The SMILES string of the molecule is CCCC#CCCCOC. The van der Waals surface area contributed by atoms with Crippen molar-refractivity contribution in [1.82, 2.24) is 0 Å². The molecule has 0 aliphatic heterocycles. The van der Waals surface area contributed by atoms with E-state index < -0.39 is 0 Å². The van der Waals surface area contributed by atoms with E-state index in [4.69, 9.17) is 4.74 Å². The second kappa shape index (κ2) is 8.52. The molecule has 0 atom stereocenters. The Labute approximate surface area is 63.8 Å². The van der Waals surface area contributed by atoms with Crippen LogP contribution >= 0.6 is 0 Å². The molecular weight excluding hydrogens is 124 g/mol. The normalized spacial score (nSPS) is 8.60. The summed E-state index contributed by atoms with van der Waals surface area (Å²) >= 11 is 0. The Morgan fingerprint density at radius 1 is 1.20 bits per heavy atom. The molecule has 0 fully saturated rings. The number of rotatable bonds is 4. The zero-order valence-corrected chi connectivity index (χ0v) is 6.94. The molecule has 0 rings (SSSR count). The third kappa shape index (κ3) is 7.52. The van der Waals surface area contributed by atoms with Crippen LogP contribution in [0.5, 0.6) is 0 Å². The van der Waals surface area contributed by atoms with Gasteiger partial charge in [0.05, 0.1) is 0 Å². The first-order valence-electron chi connectivity index (χ1n) is 3.86. The monoisotopic (exact) mass is 140 g/mol. The number of hydrogen-bond acceptors (Lipinski definition) is 1. The van der Waals surface area contributed by atoms with Crippen LogP contribution in [0.1, 0.15) is 32.6 Å². The van der Waals surface area contributed by atoms with Crippen molar-refractivity contribution in [3.05, 3.63) is 0 Å². The van der Waals surface area contributed by atoms with Gasteiger partial charge in [0.2, 0.25) is 0 Å². The number of ether oxygens (including phenoxy) is 1. The van der Waals surface area contributed by atoms with E-state index in [9.17, 15) is 0 Å². The summed E-state index contributed by atoms with van der Waals surface area (Å²) in [5.74, 6) is 6.18. The Morgan fingerprint density at radius 2 is 1.90 bits per heavy atom. The van der Waals surface area contributed by atoms with Crippen molar-refractivity contribution in [2.45, 2.75) is 32.6 Å². The molecule has 58 valence electrons. The Morgan fingerprint density at radius 3 is 2.50 bits per heavy atom. The quantitative estimate of drug-likeness (QED) is 0.430. The average molecular weight is 140 g/mol. The number of methoxy groups -OCH3 is 1. The van der Waals surface area contributed by atoms with Crippen LogP contribution in [0.2, 0.25) is 0 Å². The second-order valence-electron chi connectivity index (χ2n) is 2.20. The zero-order valence-electron chi connectivity index (χ0n) is 6.94. The van der Waals surface area contributed by atoms with Crippen molar-refractivity contribution in [3.63, 3.8) is 0 Å². The predicted molar refractivity (Wildman–Crippen MR) is 43.8 cm³/mol. The van der Waals surface area contributed by atoms with E-state index in [1.54, 1.807) is 7.11 Å². The van der Waals surface area contributed by atoms with Crippen molar-refractivity contribution in [3.8, 4) is 11.8 Å². The summed E-state index contributed by atoms with van der Waals surface area (Å²) < 4.78 is 4.88. The first-order valence-corrected chi connectivity index (χ1v) is 3.86. The Bertz CT molecular complexity index is 108. The van der Waals surface area contributed by atoms with Crippen LogP contribution in [0.25, 0.3) is 0 Å². The molecule has 0 aromatic carbocycles. The third-order valence-corrected chi connectivity index (χ3v) is 1.15. The largest absolute Gasteiger partial charge is 0.385 e. The van der Waals surface area contributed by atoms with Crippen LogP contribution in [-0.2, 0) is 4.74 Å². The van der Waals surface area contributed by atoms with Crippen molar-refractivity contribution in [1.29, 1.82) is 0 Å². The van der Waals surface area contributed by atoms with Gasteiger partial charge in [0, 0.05) is 26.6 Å². The highest BCUT2D eigenvalue weighted by molar-refractivity contribution is 4.98. The lowest BCUT2D eigenvalue weighted by atomic mass is 10.3. The lowest BCUT2D eigenvalue weighted by molar-refractivity contribution is 0.196. The summed E-state index contributed by atoms with van der Waals surface area (Å²) in [6, 6.07) is 0. The van der Waals surface area contributed by atoms with E-state index in [0.29, 0.717) is 0 Å². The first kappa shape index (κ1) is 9.52. The van der Waals surface area contributed by atoms with E-state index in [-0.39, 0.29) is 0 Å². The molecule has 1 heteroatoms. The first-order chi connectivity index (χ1) is 4.91. The molecule has 1 nitrogen and oxygen atoms in total. The van der Waals surface area contributed by atoms with Crippen LogP contribution in [-0.4, -0.2) is 13.7 Å². The standard InChI is InChI=1S/C9H16O/c1-3-4-5-6-7-8-9-10-2/h3-4,7-9H2,1-2H3. The minimum absolute atomic E-state index is 0.834. The summed E-state index contributed by atoms with van der Waals surface area (Å²) in [6.07, 6.45) is 4.24. The highest BCUT2D eigenvalue weighted by Crippen LogP contribution is 1.87. The summed E-state index contributed by atoms with van der Waals surface area (Å²) in [5, 5.41) is 0. The van der Waals surface area contributed by atoms with Gasteiger partial charge in [-0.2, -0.15) is 0 Å². The maximum Gasteiger partial charge on any atom is 0.0471 e. The molecular formula is C9H16O. The molecule has 0 saturated heterocycles. The average Bonchev–Trinajstić information content (AvgIpc) is 1.97. The van der Waals surface area contributed by atoms with Gasteiger partial charge in [-0.05, 0) is 12.8 Å². The van der Waals surface area contributed by atoms with Gasteiger partial charge < -0.3 is 4.74 Å². The summed E-state index contributed by atoms with van der Waals surface area (Å²) in [4.78, 5) is 0. The Hall–Kier alpha value is -0.480. The van der Waals surface area contributed by atoms with Gasteiger partial charge in [-0.15, -0.1) is 11.8 Å². The topological polar surface area (TPSA) is 9.23 Å². The Balaban J connectivity index is 2.96. The lowest BCUT2D eigenvalue weighted by Crippen LogP contribution is -1.85. The highest BCUT2D eigenvalue weighted by atomic mass is 16.5. The summed E-state index contributed by atoms with van der Waals surface area (Å²) in [6.45, 7) is 2.98. The van der Waals surface area contributed by atoms with Crippen LogP contribution in [0.4, 0.5) is 0 Å². The van der Waals surface area contributed by atoms with Gasteiger partial charge in [-0.1, -0.05) is 6.92 Å². The number of unbranched alkanes of at least 4 members (excludes halogenated alkanes) is 2. The smallest absolute Gasteiger partial charge is 0.0471 e. The fourth-order valence-electron chi connectivity index (χ4n) is 0.607. The van der Waals surface area contributed by atoms with Gasteiger partial charge >= 0.3 is 0 Å². The van der Waals surface area contributed by atoms with E-state index in [0.717, 1.165) is 32.3 Å². The van der Waals surface area contributed by atoms with Crippen molar-refractivity contribution in [2.24, 2.45) is 0 Å². The molecule has 0 aliphatic rings. The lowest BCUT2D eigenvalue weighted by Gasteiger charge is -1.90. The van der Waals surface area contributed by atoms with E-state index >= 15 is 0 Å². The van der Waals surface area contributed by atoms with E-state index in [2.05, 4.69) is 18.8 Å². The van der Waals surface area contributed by atoms with Crippen LogP contribution in [0, 0.1) is 11.8 Å². The fraction of sp³-hybridized carbons (Fsp3) is 0.778.